The highest BCUT2D eigenvalue weighted by atomic mass is 16.2. The Morgan fingerprint density at radius 2 is 2.08 bits per heavy atom. The van der Waals surface area contributed by atoms with Crippen molar-refractivity contribution in [2.75, 3.05) is 19.3 Å². The van der Waals surface area contributed by atoms with E-state index in [1.807, 2.05) is 12.1 Å². The normalized spacial score (nSPS) is 12.5. The molecule has 6 heteroatoms. The monoisotopic (exact) mass is 346 g/mol. The van der Waals surface area contributed by atoms with Gasteiger partial charge in [0.2, 0.25) is 0 Å². The largest absolute Gasteiger partial charge is 0.399 e. The van der Waals surface area contributed by atoms with Crippen LogP contribution in [0, 0.1) is 11.3 Å². The fourth-order valence-corrected chi connectivity index (χ4v) is 3.11. The van der Waals surface area contributed by atoms with Crippen molar-refractivity contribution in [3.05, 3.63) is 65.2 Å². The van der Waals surface area contributed by atoms with Crippen LogP contribution in [-0.4, -0.2) is 30.3 Å². The molecule has 0 fully saturated rings. The van der Waals surface area contributed by atoms with E-state index in [2.05, 4.69) is 11.9 Å². The van der Waals surface area contributed by atoms with Crippen molar-refractivity contribution in [2.24, 2.45) is 0 Å². The predicted molar refractivity (Wildman–Crippen MR) is 99.2 cm³/mol. The second-order valence-electron chi connectivity index (χ2n) is 6.13. The zero-order valence-corrected chi connectivity index (χ0v) is 14.4. The van der Waals surface area contributed by atoms with Gasteiger partial charge in [0.05, 0.1) is 12.6 Å². The fourth-order valence-electron chi connectivity index (χ4n) is 3.11. The van der Waals surface area contributed by atoms with Crippen LogP contribution in [0.25, 0.3) is 11.1 Å². The number of nitriles is 1. The number of carbonyl (C=O) groups is 2. The van der Waals surface area contributed by atoms with E-state index in [1.54, 1.807) is 42.3 Å². The number of nitrogens with two attached hydrogens (primary N) is 1. The molecule has 0 bridgehead atoms. The molecule has 1 aliphatic rings. The van der Waals surface area contributed by atoms with Gasteiger partial charge in [-0.1, -0.05) is 18.7 Å². The van der Waals surface area contributed by atoms with Gasteiger partial charge in [0, 0.05) is 36.0 Å². The minimum absolute atomic E-state index is 0.174. The molecule has 0 radical (unpaired) electrons. The smallest absolute Gasteiger partial charge is 0.254 e. The van der Waals surface area contributed by atoms with Gasteiger partial charge in [0.1, 0.15) is 0 Å². The predicted octanol–water partition coefficient (Wildman–Crippen LogP) is 2.33. The van der Waals surface area contributed by atoms with E-state index in [4.69, 9.17) is 11.0 Å². The summed E-state index contributed by atoms with van der Waals surface area (Å²) in [6.45, 7) is 4.20. The molecule has 0 aliphatic carbocycles. The summed E-state index contributed by atoms with van der Waals surface area (Å²) < 4.78 is 0. The number of benzene rings is 2. The average molecular weight is 346 g/mol. The molecule has 0 unspecified atom stereocenters. The Labute approximate surface area is 151 Å². The van der Waals surface area contributed by atoms with Gasteiger partial charge >= 0.3 is 0 Å². The lowest BCUT2D eigenvalue weighted by atomic mass is 9.95. The molecular formula is C20H18N4O2. The van der Waals surface area contributed by atoms with Crippen LogP contribution >= 0.6 is 0 Å². The molecule has 6 nitrogen and oxygen atoms in total. The first-order valence-electron chi connectivity index (χ1n) is 8.06. The SMILES string of the molecule is C=C(C#N)CN1Cc2c(cc(N)cc2-c2cccc(C(=O)NC)c2)C1=O. The minimum atomic E-state index is -0.185. The number of nitrogens with one attached hydrogen (secondary N) is 1. The third-order valence-electron chi connectivity index (χ3n) is 4.34. The molecule has 3 N–H and O–H groups in total. The van der Waals surface area contributed by atoms with Crippen LogP contribution in [0.5, 0.6) is 0 Å². The molecule has 0 saturated carbocycles. The van der Waals surface area contributed by atoms with E-state index in [-0.39, 0.29) is 18.4 Å². The molecule has 0 spiro atoms. The molecule has 2 aromatic rings. The molecule has 26 heavy (non-hydrogen) atoms. The van der Waals surface area contributed by atoms with Gasteiger partial charge in [-0.15, -0.1) is 0 Å². The van der Waals surface area contributed by atoms with Crippen molar-refractivity contribution in [1.82, 2.24) is 10.2 Å². The zero-order valence-electron chi connectivity index (χ0n) is 14.4. The Hall–Kier alpha value is -3.59. The van der Waals surface area contributed by atoms with Crippen LogP contribution in [-0.2, 0) is 6.54 Å². The van der Waals surface area contributed by atoms with E-state index in [0.717, 1.165) is 16.7 Å². The van der Waals surface area contributed by atoms with Crippen LogP contribution in [0.3, 0.4) is 0 Å². The molecule has 3 rings (SSSR count). The topological polar surface area (TPSA) is 99.2 Å². The number of amides is 2. The van der Waals surface area contributed by atoms with E-state index in [0.29, 0.717) is 28.9 Å². The number of hydrogen-bond donors (Lipinski definition) is 2. The number of anilines is 1. The number of rotatable bonds is 4. The Morgan fingerprint density at radius 3 is 2.77 bits per heavy atom. The molecule has 0 atom stereocenters. The lowest BCUT2D eigenvalue weighted by Crippen LogP contribution is -2.25. The van der Waals surface area contributed by atoms with Crippen molar-refractivity contribution in [3.63, 3.8) is 0 Å². The van der Waals surface area contributed by atoms with Crippen molar-refractivity contribution in [1.29, 1.82) is 5.26 Å². The summed E-state index contributed by atoms with van der Waals surface area (Å²) >= 11 is 0. The molecule has 0 aromatic heterocycles. The van der Waals surface area contributed by atoms with E-state index in [1.165, 1.54) is 0 Å². The number of fused-ring (bicyclic) bond motifs is 1. The maximum absolute atomic E-state index is 12.7. The molecule has 0 saturated heterocycles. The van der Waals surface area contributed by atoms with E-state index in [9.17, 15) is 9.59 Å². The Balaban J connectivity index is 2.06. The van der Waals surface area contributed by atoms with Crippen LogP contribution in [0.15, 0.2) is 48.6 Å². The quantitative estimate of drug-likeness (QED) is 0.655. The minimum Gasteiger partial charge on any atom is -0.399 e. The number of nitrogen functional groups attached to an aromatic ring is 1. The summed E-state index contributed by atoms with van der Waals surface area (Å²) in [7, 11) is 1.58. The summed E-state index contributed by atoms with van der Waals surface area (Å²) in [5.41, 5.74) is 10.3. The van der Waals surface area contributed by atoms with Crippen LogP contribution in [0.2, 0.25) is 0 Å². The zero-order chi connectivity index (χ0) is 18.8. The van der Waals surface area contributed by atoms with Crippen molar-refractivity contribution in [3.8, 4) is 17.2 Å². The summed E-state index contributed by atoms with van der Waals surface area (Å²) in [5.74, 6) is -0.358. The molecule has 1 heterocycles. The lowest BCUT2D eigenvalue weighted by Gasteiger charge is -2.14. The summed E-state index contributed by atoms with van der Waals surface area (Å²) in [6.07, 6.45) is 0. The first kappa shape index (κ1) is 17.2. The average Bonchev–Trinajstić information content (AvgIpc) is 2.96. The van der Waals surface area contributed by atoms with Gasteiger partial charge < -0.3 is 16.0 Å². The fraction of sp³-hybridized carbons (Fsp3) is 0.150. The third kappa shape index (κ3) is 3.03. The Kier molecular flexibility index (Phi) is 4.46. The highest BCUT2D eigenvalue weighted by Crippen LogP contribution is 2.35. The standard InChI is InChI=1S/C20H18N4O2/c1-12(9-21)10-24-11-18-16(7-15(22)8-17(18)20(24)26)13-4-3-5-14(6-13)19(25)23-2/h3-8H,1,10-11,22H2,2H3,(H,23,25). The number of nitrogens with zero attached hydrogens (tertiary/aromatic N) is 2. The number of carbonyl (C=O) groups excluding carboxylic acids is 2. The van der Waals surface area contributed by atoms with Gasteiger partial charge in [-0.05, 0) is 41.0 Å². The van der Waals surface area contributed by atoms with Gasteiger partial charge in [-0.3, -0.25) is 9.59 Å². The van der Waals surface area contributed by atoms with Gasteiger partial charge in [0.25, 0.3) is 11.8 Å². The summed E-state index contributed by atoms with van der Waals surface area (Å²) in [4.78, 5) is 26.1. The van der Waals surface area contributed by atoms with Gasteiger partial charge in [-0.2, -0.15) is 5.26 Å². The van der Waals surface area contributed by atoms with Crippen molar-refractivity contribution >= 4 is 17.5 Å². The van der Waals surface area contributed by atoms with Gasteiger partial charge in [-0.25, -0.2) is 0 Å². The third-order valence-corrected chi connectivity index (χ3v) is 4.34. The molecule has 1 aliphatic heterocycles. The summed E-state index contributed by atoms with van der Waals surface area (Å²) in [5, 5.41) is 11.5. The second-order valence-corrected chi connectivity index (χ2v) is 6.13. The maximum Gasteiger partial charge on any atom is 0.254 e. The van der Waals surface area contributed by atoms with Crippen LogP contribution in [0.1, 0.15) is 26.3 Å². The van der Waals surface area contributed by atoms with Crippen LogP contribution in [0.4, 0.5) is 5.69 Å². The first-order chi connectivity index (χ1) is 12.4. The van der Waals surface area contributed by atoms with Crippen LogP contribution < -0.4 is 11.1 Å². The molecule has 130 valence electrons. The summed E-state index contributed by atoms with van der Waals surface area (Å²) in [6, 6.07) is 12.6. The van der Waals surface area contributed by atoms with Crippen molar-refractivity contribution in [2.45, 2.75) is 6.54 Å². The van der Waals surface area contributed by atoms with Crippen molar-refractivity contribution < 1.29 is 9.59 Å². The van der Waals surface area contributed by atoms with E-state index >= 15 is 0 Å². The lowest BCUT2D eigenvalue weighted by molar-refractivity contribution is 0.0793. The second kappa shape index (κ2) is 6.73. The first-order valence-corrected chi connectivity index (χ1v) is 8.06. The Bertz CT molecular complexity index is 972. The van der Waals surface area contributed by atoms with Gasteiger partial charge in [0.15, 0.2) is 0 Å². The highest BCUT2D eigenvalue weighted by Gasteiger charge is 2.30. The van der Waals surface area contributed by atoms with E-state index < -0.39 is 0 Å². The number of hydrogen-bond acceptors (Lipinski definition) is 4. The highest BCUT2D eigenvalue weighted by molar-refractivity contribution is 6.02. The molecule has 2 aromatic carbocycles. The maximum atomic E-state index is 12.7. The Morgan fingerprint density at radius 1 is 1.35 bits per heavy atom. The molecular weight excluding hydrogens is 328 g/mol. The molecule has 2 amide bonds.